The van der Waals surface area contributed by atoms with Gasteiger partial charge in [0.25, 0.3) is 0 Å². The molecule has 0 bridgehead atoms. The van der Waals surface area contributed by atoms with E-state index in [0.717, 1.165) is 47.5 Å². The van der Waals surface area contributed by atoms with Crippen LogP contribution >= 0.6 is 11.6 Å². The van der Waals surface area contributed by atoms with Gasteiger partial charge in [-0.25, -0.2) is 0 Å². The third-order valence-electron chi connectivity index (χ3n) is 5.22. The number of benzene rings is 1. The van der Waals surface area contributed by atoms with Crippen molar-refractivity contribution in [1.82, 2.24) is 20.3 Å². The number of rotatable bonds is 4. The molecule has 3 heterocycles. The van der Waals surface area contributed by atoms with E-state index in [-0.39, 0.29) is 11.9 Å². The quantitative estimate of drug-likeness (QED) is 0.729. The van der Waals surface area contributed by atoms with Gasteiger partial charge in [0.05, 0.1) is 35.6 Å². The molecule has 1 saturated heterocycles. The van der Waals surface area contributed by atoms with Crippen LogP contribution in [0.2, 0.25) is 5.02 Å². The Kier molecular flexibility index (Phi) is 4.74. The van der Waals surface area contributed by atoms with Crippen LogP contribution < -0.4 is 0 Å². The number of nitrogens with one attached hydrogen (secondary N) is 1. The number of hydrogen-bond acceptors (Lipinski definition) is 4. The van der Waals surface area contributed by atoms with Crippen LogP contribution in [0.25, 0.3) is 11.3 Å². The fraction of sp³-hybridized carbons (Fsp3) is 0.350. The van der Waals surface area contributed by atoms with E-state index in [4.69, 9.17) is 16.1 Å². The van der Waals surface area contributed by atoms with Gasteiger partial charge in [-0.3, -0.25) is 9.89 Å². The highest BCUT2D eigenvalue weighted by molar-refractivity contribution is 6.30. The standard InChI is InChI=1S/C20H21ClN4O2/c1-12-13(2)24-27-20(12)16-11-22-23-19(16)17-7-4-8-25(17)18(26)10-14-5-3-6-15(21)9-14/h3,5-6,9,11,17H,4,7-8,10H2,1-2H3,(H,22,23)/t17-/m0/s1. The van der Waals surface area contributed by atoms with Crippen LogP contribution in [-0.4, -0.2) is 32.7 Å². The van der Waals surface area contributed by atoms with Crippen LogP contribution in [0.4, 0.5) is 0 Å². The third-order valence-corrected chi connectivity index (χ3v) is 5.46. The normalized spacial score (nSPS) is 16.9. The second-order valence-electron chi connectivity index (χ2n) is 6.97. The highest BCUT2D eigenvalue weighted by atomic mass is 35.5. The number of nitrogens with zero attached hydrogens (tertiary/aromatic N) is 3. The molecule has 3 aromatic rings. The van der Waals surface area contributed by atoms with Crippen LogP contribution in [0.15, 0.2) is 35.0 Å². The Morgan fingerprint density at radius 1 is 1.41 bits per heavy atom. The lowest BCUT2D eigenvalue weighted by Gasteiger charge is -2.24. The number of carbonyl (C=O) groups is 1. The minimum absolute atomic E-state index is 0.0426. The minimum atomic E-state index is -0.0426. The summed E-state index contributed by atoms with van der Waals surface area (Å²) in [5.41, 5.74) is 4.56. The van der Waals surface area contributed by atoms with Gasteiger partial charge in [0, 0.05) is 17.1 Å². The maximum atomic E-state index is 13.0. The second-order valence-corrected chi connectivity index (χ2v) is 7.41. The molecule has 1 atom stereocenters. The van der Waals surface area contributed by atoms with Crippen LogP contribution in [0.1, 0.15) is 41.4 Å². The average Bonchev–Trinajstić information content (AvgIpc) is 3.35. The lowest BCUT2D eigenvalue weighted by atomic mass is 10.0. The van der Waals surface area contributed by atoms with Crippen LogP contribution in [0.3, 0.4) is 0 Å². The van der Waals surface area contributed by atoms with Crippen molar-refractivity contribution in [3.05, 3.63) is 58.0 Å². The first-order chi connectivity index (χ1) is 13.0. The Labute approximate surface area is 162 Å². The maximum absolute atomic E-state index is 13.0. The van der Waals surface area contributed by atoms with E-state index in [2.05, 4.69) is 15.4 Å². The van der Waals surface area contributed by atoms with Gasteiger partial charge >= 0.3 is 0 Å². The molecule has 1 aromatic carbocycles. The van der Waals surface area contributed by atoms with Crippen molar-refractivity contribution >= 4 is 17.5 Å². The molecule has 7 heteroatoms. The predicted octanol–water partition coefficient (Wildman–Crippen LogP) is 4.24. The monoisotopic (exact) mass is 384 g/mol. The molecule has 4 rings (SSSR count). The Bertz CT molecular complexity index is 978. The van der Waals surface area contributed by atoms with Gasteiger partial charge < -0.3 is 9.42 Å². The van der Waals surface area contributed by atoms with Crippen LogP contribution in [0, 0.1) is 13.8 Å². The Morgan fingerprint density at radius 2 is 2.26 bits per heavy atom. The van der Waals surface area contributed by atoms with E-state index in [0.29, 0.717) is 17.2 Å². The Hall–Kier alpha value is -2.60. The van der Waals surface area contributed by atoms with Gasteiger partial charge in [0.2, 0.25) is 5.91 Å². The van der Waals surface area contributed by atoms with Gasteiger partial charge in [-0.15, -0.1) is 0 Å². The first-order valence-corrected chi connectivity index (χ1v) is 9.43. The zero-order valence-corrected chi connectivity index (χ0v) is 16.1. The largest absolute Gasteiger partial charge is 0.356 e. The molecule has 0 radical (unpaired) electrons. The molecular weight excluding hydrogens is 364 g/mol. The van der Waals surface area contributed by atoms with E-state index in [1.165, 1.54) is 0 Å². The summed E-state index contributed by atoms with van der Waals surface area (Å²) in [6.07, 6.45) is 3.93. The summed E-state index contributed by atoms with van der Waals surface area (Å²) < 4.78 is 5.52. The highest BCUT2D eigenvalue weighted by Crippen LogP contribution is 2.38. The molecule has 0 aliphatic carbocycles. The summed E-state index contributed by atoms with van der Waals surface area (Å²) in [6.45, 7) is 4.63. The number of aromatic amines is 1. The SMILES string of the molecule is Cc1noc(-c2cn[nH]c2[C@@H]2CCCN2C(=O)Cc2cccc(Cl)c2)c1C. The third kappa shape index (κ3) is 3.37. The number of carbonyl (C=O) groups excluding carboxylic acids is 1. The van der Waals surface area contributed by atoms with Crippen molar-refractivity contribution in [3.8, 4) is 11.3 Å². The summed E-state index contributed by atoms with van der Waals surface area (Å²) >= 11 is 6.05. The van der Waals surface area contributed by atoms with E-state index in [1.807, 2.05) is 43.0 Å². The Balaban J connectivity index is 1.60. The fourth-order valence-corrected chi connectivity index (χ4v) is 3.90. The average molecular weight is 385 g/mol. The molecule has 0 spiro atoms. The molecule has 2 aromatic heterocycles. The topological polar surface area (TPSA) is 75.0 Å². The number of likely N-dealkylation sites (tertiary alicyclic amines) is 1. The predicted molar refractivity (Wildman–Crippen MR) is 102 cm³/mol. The minimum Gasteiger partial charge on any atom is -0.356 e. The van der Waals surface area contributed by atoms with E-state index >= 15 is 0 Å². The smallest absolute Gasteiger partial charge is 0.227 e. The number of H-pyrrole nitrogens is 1. The molecule has 140 valence electrons. The molecule has 1 amide bonds. The molecule has 1 aliphatic heterocycles. The molecule has 1 aliphatic rings. The lowest BCUT2D eigenvalue weighted by molar-refractivity contribution is -0.131. The van der Waals surface area contributed by atoms with Crippen molar-refractivity contribution in [2.75, 3.05) is 6.54 Å². The summed E-state index contributed by atoms with van der Waals surface area (Å²) in [5, 5.41) is 12.0. The molecule has 6 nitrogen and oxygen atoms in total. The zero-order valence-electron chi connectivity index (χ0n) is 15.3. The van der Waals surface area contributed by atoms with Crippen molar-refractivity contribution in [1.29, 1.82) is 0 Å². The number of amides is 1. The molecule has 1 N–H and O–H groups in total. The van der Waals surface area contributed by atoms with E-state index in [9.17, 15) is 4.79 Å². The van der Waals surface area contributed by atoms with E-state index in [1.54, 1.807) is 6.20 Å². The number of halogens is 1. The van der Waals surface area contributed by atoms with Gasteiger partial charge in [0.15, 0.2) is 5.76 Å². The summed E-state index contributed by atoms with van der Waals surface area (Å²) in [4.78, 5) is 14.9. The highest BCUT2D eigenvalue weighted by Gasteiger charge is 2.33. The number of hydrogen-bond donors (Lipinski definition) is 1. The van der Waals surface area contributed by atoms with Crippen molar-refractivity contribution in [2.24, 2.45) is 0 Å². The lowest BCUT2D eigenvalue weighted by Crippen LogP contribution is -2.32. The summed E-state index contributed by atoms with van der Waals surface area (Å²) in [5.74, 6) is 0.802. The fourth-order valence-electron chi connectivity index (χ4n) is 3.69. The summed E-state index contributed by atoms with van der Waals surface area (Å²) in [7, 11) is 0. The molecular formula is C20H21ClN4O2. The van der Waals surface area contributed by atoms with Gasteiger partial charge in [-0.05, 0) is 44.4 Å². The molecule has 0 unspecified atom stereocenters. The number of aryl methyl sites for hydroxylation is 1. The van der Waals surface area contributed by atoms with Crippen LogP contribution in [0.5, 0.6) is 0 Å². The van der Waals surface area contributed by atoms with Crippen molar-refractivity contribution in [3.63, 3.8) is 0 Å². The van der Waals surface area contributed by atoms with Crippen LogP contribution in [-0.2, 0) is 11.2 Å². The first kappa shape index (κ1) is 17.8. The van der Waals surface area contributed by atoms with Gasteiger partial charge in [-0.1, -0.05) is 28.9 Å². The van der Waals surface area contributed by atoms with Gasteiger partial charge in [0.1, 0.15) is 0 Å². The summed E-state index contributed by atoms with van der Waals surface area (Å²) in [6, 6.07) is 7.41. The first-order valence-electron chi connectivity index (χ1n) is 9.05. The molecule has 0 saturated carbocycles. The number of aromatic nitrogens is 3. The van der Waals surface area contributed by atoms with Gasteiger partial charge in [-0.2, -0.15) is 5.10 Å². The zero-order chi connectivity index (χ0) is 19.0. The molecule has 1 fully saturated rings. The van der Waals surface area contributed by atoms with Crippen molar-refractivity contribution < 1.29 is 9.32 Å². The van der Waals surface area contributed by atoms with Crippen molar-refractivity contribution in [2.45, 2.75) is 39.2 Å². The van der Waals surface area contributed by atoms with E-state index < -0.39 is 0 Å². The maximum Gasteiger partial charge on any atom is 0.227 e. The Morgan fingerprint density at radius 3 is 3.00 bits per heavy atom. The second kappa shape index (κ2) is 7.19. The molecule has 27 heavy (non-hydrogen) atoms.